The van der Waals surface area contributed by atoms with Gasteiger partial charge in [-0.1, -0.05) is 12.1 Å². The molecule has 2 heteroatoms. The third-order valence-electron chi connectivity index (χ3n) is 3.00. The van der Waals surface area contributed by atoms with Crippen molar-refractivity contribution in [2.24, 2.45) is 0 Å². The molecule has 0 unspecified atom stereocenters. The smallest absolute Gasteiger partial charge is 0.0208 e. The number of likely N-dealkylation sites (N-methyl/N-ethyl adjacent to an activating group) is 1. The van der Waals surface area contributed by atoms with Crippen LogP contribution in [-0.4, -0.2) is 32.1 Å². The van der Waals surface area contributed by atoms with Crippen molar-refractivity contribution in [2.75, 3.05) is 27.2 Å². The Labute approximate surface area is 99.7 Å². The largest absolute Gasteiger partial charge is 0.311 e. The van der Waals surface area contributed by atoms with E-state index in [1.165, 1.54) is 22.3 Å². The fraction of sp³-hybridized carbons (Fsp3) is 0.571. The van der Waals surface area contributed by atoms with E-state index in [-0.39, 0.29) is 0 Å². The number of aryl methyl sites for hydroxylation is 3. The van der Waals surface area contributed by atoms with E-state index in [4.69, 9.17) is 0 Å². The summed E-state index contributed by atoms with van der Waals surface area (Å²) in [6.45, 7) is 9.64. The second kappa shape index (κ2) is 6.02. The molecule has 1 N–H and O–H groups in total. The molecule has 0 heterocycles. The molecule has 2 nitrogen and oxygen atoms in total. The quantitative estimate of drug-likeness (QED) is 0.766. The Hall–Kier alpha value is -0.860. The molecule has 0 saturated heterocycles. The van der Waals surface area contributed by atoms with E-state index >= 15 is 0 Å². The van der Waals surface area contributed by atoms with Gasteiger partial charge in [-0.2, -0.15) is 0 Å². The van der Waals surface area contributed by atoms with Gasteiger partial charge in [0.2, 0.25) is 0 Å². The molecule has 0 fully saturated rings. The van der Waals surface area contributed by atoms with Gasteiger partial charge in [0.1, 0.15) is 0 Å². The lowest BCUT2D eigenvalue weighted by Gasteiger charge is -2.13. The molecule has 0 radical (unpaired) electrons. The van der Waals surface area contributed by atoms with E-state index in [0.717, 1.165) is 19.6 Å². The zero-order valence-corrected chi connectivity index (χ0v) is 11.2. The van der Waals surface area contributed by atoms with Crippen LogP contribution in [0.1, 0.15) is 22.3 Å². The van der Waals surface area contributed by atoms with Crippen molar-refractivity contribution in [3.8, 4) is 0 Å². The maximum Gasteiger partial charge on any atom is 0.0208 e. The summed E-state index contributed by atoms with van der Waals surface area (Å²) >= 11 is 0. The highest BCUT2D eigenvalue weighted by atomic mass is 15.1. The first kappa shape index (κ1) is 13.2. The van der Waals surface area contributed by atoms with Crippen LogP contribution in [0.2, 0.25) is 0 Å². The minimum absolute atomic E-state index is 0.973. The number of nitrogens with one attached hydrogen (secondary N) is 1. The number of rotatable bonds is 5. The van der Waals surface area contributed by atoms with Gasteiger partial charge in [-0.15, -0.1) is 0 Å². The Bertz CT molecular complexity index is 343. The van der Waals surface area contributed by atoms with Crippen molar-refractivity contribution in [2.45, 2.75) is 27.3 Å². The molecule has 0 aliphatic heterocycles. The Kier molecular flexibility index (Phi) is 4.97. The Morgan fingerprint density at radius 2 is 1.62 bits per heavy atom. The fourth-order valence-electron chi connectivity index (χ4n) is 1.74. The first-order valence-electron chi connectivity index (χ1n) is 5.93. The average molecular weight is 220 g/mol. The highest BCUT2D eigenvalue weighted by Gasteiger charge is 2.01. The van der Waals surface area contributed by atoms with Crippen LogP contribution in [0.5, 0.6) is 0 Å². The third kappa shape index (κ3) is 3.95. The van der Waals surface area contributed by atoms with Gasteiger partial charge in [-0.05, 0) is 57.1 Å². The minimum atomic E-state index is 0.973. The molecule has 16 heavy (non-hydrogen) atoms. The summed E-state index contributed by atoms with van der Waals surface area (Å²) in [5.41, 5.74) is 5.58. The average Bonchev–Trinajstić information content (AvgIpc) is 2.19. The van der Waals surface area contributed by atoms with Gasteiger partial charge >= 0.3 is 0 Å². The number of hydrogen-bond acceptors (Lipinski definition) is 2. The highest BCUT2D eigenvalue weighted by molar-refractivity contribution is 5.36. The Morgan fingerprint density at radius 3 is 2.25 bits per heavy atom. The van der Waals surface area contributed by atoms with Gasteiger partial charge in [0.05, 0.1) is 0 Å². The van der Waals surface area contributed by atoms with Crippen LogP contribution in [0, 0.1) is 20.8 Å². The fourth-order valence-corrected chi connectivity index (χ4v) is 1.74. The van der Waals surface area contributed by atoms with Crippen LogP contribution in [-0.2, 0) is 6.54 Å². The first-order chi connectivity index (χ1) is 7.50. The Morgan fingerprint density at radius 1 is 1.00 bits per heavy atom. The maximum absolute atomic E-state index is 3.48. The summed E-state index contributed by atoms with van der Waals surface area (Å²) in [5.74, 6) is 0. The van der Waals surface area contributed by atoms with E-state index < -0.39 is 0 Å². The topological polar surface area (TPSA) is 15.3 Å². The van der Waals surface area contributed by atoms with Crippen molar-refractivity contribution in [3.63, 3.8) is 0 Å². The molecule has 0 bridgehead atoms. The molecule has 0 spiro atoms. The third-order valence-corrected chi connectivity index (χ3v) is 3.00. The van der Waals surface area contributed by atoms with Gasteiger partial charge in [0.15, 0.2) is 0 Å². The molecule has 0 aromatic heterocycles. The molecule has 0 atom stereocenters. The summed E-state index contributed by atoms with van der Waals surface area (Å²) in [4.78, 5) is 2.19. The maximum atomic E-state index is 3.48. The summed E-state index contributed by atoms with van der Waals surface area (Å²) in [6, 6.07) is 4.58. The van der Waals surface area contributed by atoms with Crippen LogP contribution < -0.4 is 5.32 Å². The van der Waals surface area contributed by atoms with Crippen LogP contribution in [0.3, 0.4) is 0 Å². The lowest BCUT2D eigenvalue weighted by molar-refractivity contribution is 0.400. The summed E-state index contributed by atoms with van der Waals surface area (Å²) in [7, 11) is 4.20. The van der Waals surface area contributed by atoms with E-state index in [2.05, 4.69) is 57.2 Å². The van der Waals surface area contributed by atoms with Crippen LogP contribution in [0.15, 0.2) is 12.1 Å². The molecular weight excluding hydrogens is 196 g/mol. The summed E-state index contributed by atoms with van der Waals surface area (Å²) in [6.07, 6.45) is 0. The molecule has 0 aliphatic rings. The molecule has 0 aliphatic carbocycles. The predicted octanol–water partition coefficient (Wildman–Crippen LogP) is 2.26. The van der Waals surface area contributed by atoms with Crippen LogP contribution >= 0.6 is 0 Å². The number of nitrogens with zero attached hydrogens (tertiary/aromatic N) is 1. The molecule has 1 rings (SSSR count). The molecular formula is C14H24N2. The van der Waals surface area contributed by atoms with Gasteiger partial charge in [-0.25, -0.2) is 0 Å². The Balaban J connectivity index is 2.51. The van der Waals surface area contributed by atoms with Crippen LogP contribution in [0.4, 0.5) is 0 Å². The predicted molar refractivity (Wildman–Crippen MR) is 70.9 cm³/mol. The number of hydrogen-bond donors (Lipinski definition) is 1. The monoisotopic (exact) mass is 220 g/mol. The zero-order chi connectivity index (χ0) is 12.1. The zero-order valence-electron chi connectivity index (χ0n) is 11.2. The van der Waals surface area contributed by atoms with Crippen molar-refractivity contribution in [1.82, 2.24) is 10.2 Å². The van der Waals surface area contributed by atoms with Crippen LogP contribution in [0.25, 0.3) is 0 Å². The second-order valence-electron chi connectivity index (χ2n) is 4.84. The number of benzene rings is 1. The minimum Gasteiger partial charge on any atom is -0.311 e. The van der Waals surface area contributed by atoms with E-state index in [1.807, 2.05) is 0 Å². The van der Waals surface area contributed by atoms with Crippen molar-refractivity contribution in [3.05, 3.63) is 34.4 Å². The molecule has 0 saturated carbocycles. The van der Waals surface area contributed by atoms with Crippen molar-refractivity contribution in [1.29, 1.82) is 0 Å². The second-order valence-corrected chi connectivity index (χ2v) is 4.84. The van der Waals surface area contributed by atoms with Crippen molar-refractivity contribution < 1.29 is 0 Å². The molecule has 1 aromatic carbocycles. The van der Waals surface area contributed by atoms with Gasteiger partial charge in [-0.3, -0.25) is 0 Å². The van der Waals surface area contributed by atoms with Gasteiger partial charge < -0.3 is 10.2 Å². The highest BCUT2D eigenvalue weighted by Crippen LogP contribution is 2.14. The molecule has 1 aromatic rings. The molecule has 90 valence electrons. The molecule has 0 amide bonds. The lowest BCUT2D eigenvalue weighted by atomic mass is 10.0. The lowest BCUT2D eigenvalue weighted by Crippen LogP contribution is -2.26. The van der Waals surface area contributed by atoms with Gasteiger partial charge in [0.25, 0.3) is 0 Å². The SMILES string of the molecule is Cc1cc(C)c(CNCCN(C)C)cc1C. The standard InChI is InChI=1S/C14H24N2/c1-11-8-13(3)14(9-12(11)2)10-15-6-7-16(4)5/h8-9,15H,6-7,10H2,1-5H3. The first-order valence-corrected chi connectivity index (χ1v) is 5.93. The van der Waals surface area contributed by atoms with E-state index in [1.54, 1.807) is 0 Å². The summed E-state index contributed by atoms with van der Waals surface area (Å²) in [5, 5.41) is 3.48. The van der Waals surface area contributed by atoms with Crippen molar-refractivity contribution >= 4 is 0 Å². The normalized spacial score (nSPS) is 11.1. The summed E-state index contributed by atoms with van der Waals surface area (Å²) < 4.78 is 0. The van der Waals surface area contributed by atoms with E-state index in [9.17, 15) is 0 Å². The van der Waals surface area contributed by atoms with Gasteiger partial charge in [0, 0.05) is 19.6 Å². The van der Waals surface area contributed by atoms with E-state index in [0.29, 0.717) is 0 Å².